The Hall–Kier alpha value is -3.12. The number of carbonyl (C=O) groups is 1. The summed E-state index contributed by atoms with van der Waals surface area (Å²) in [5.41, 5.74) is 2.86. The molecule has 3 aromatic carbocycles. The van der Waals surface area contributed by atoms with E-state index in [1.165, 1.54) is 16.4 Å². The van der Waals surface area contributed by atoms with Crippen LogP contribution < -0.4 is 9.62 Å². The molecule has 5 nitrogen and oxygen atoms in total. The molecule has 3 aromatic rings. The standard InChI is InChI=1S/C21H18N2O3S/c24-21(17-7-2-1-3-8-17)22-18-10-12-19(13-11-18)27(25,26)23-15-14-16-6-4-5-9-20(16)23/h1-13H,14-15H2,(H,22,24). The number of carbonyl (C=O) groups excluding carboxylic acids is 1. The molecule has 136 valence electrons. The number of para-hydroxylation sites is 1. The molecule has 1 heterocycles. The van der Waals surface area contributed by atoms with Crippen LogP contribution >= 0.6 is 0 Å². The molecule has 1 N–H and O–H groups in total. The number of anilines is 2. The number of fused-ring (bicyclic) bond motifs is 1. The number of hydrogen-bond donors (Lipinski definition) is 1. The van der Waals surface area contributed by atoms with Gasteiger partial charge in [0, 0.05) is 17.8 Å². The summed E-state index contributed by atoms with van der Waals surface area (Å²) in [6, 6.07) is 22.7. The van der Waals surface area contributed by atoms with Gasteiger partial charge in [-0.15, -0.1) is 0 Å². The third-order valence-corrected chi connectivity index (χ3v) is 6.41. The molecule has 0 atom stereocenters. The molecule has 0 saturated heterocycles. The van der Waals surface area contributed by atoms with Crippen molar-refractivity contribution >= 4 is 27.3 Å². The summed E-state index contributed by atoms with van der Waals surface area (Å²) >= 11 is 0. The summed E-state index contributed by atoms with van der Waals surface area (Å²) in [5, 5.41) is 2.77. The Bertz CT molecular complexity index is 1080. The third kappa shape index (κ3) is 3.31. The van der Waals surface area contributed by atoms with Crippen LogP contribution in [0.25, 0.3) is 0 Å². The molecule has 0 spiro atoms. The van der Waals surface area contributed by atoms with E-state index in [2.05, 4.69) is 5.32 Å². The highest BCUT2D eigenvalue weighted by atomic mass is 32.2. The minimum absolute atomic E-state index is 0.205. The van der Waals surface area contributed by atoms with Crippen LogP contribution in [0.4, 0.5) is 11.4 Å². The summed E-state index contributed by atoms with van der Waals surface area (Å²) in [6.07, 6.45) is 0.709. The average molecular weight is 378 g/mol. The van der Waals surface area contributed by atoms with Crippen LogP contribution in [0.5, 0.6) is 0 Å². The quantitative estimate of drug-likeness (QED) is 0.753. The number of hydrogen-bond acceptors (Lipinski definition) is 3. The van der Waals surface area contributed by atoms with E-state index in [0.717, 1.165) is 11.3 Å². The number of nitrogens with zero attached hydrogens (tertiary/aromatic N) is 1. The van der Waals surface area contributed by atoms with Crippen molar-refractivity contribution in [2.24, 2.45) is 0 Å². The van der Waals surface area contributed by atoms with Crippen LogP contribution in [0.2, 0.25) is 0 Å². The van der Waals surface area contributed by atoms with E-state index >= 15 is 0 Å². The fourth-order valence-electron chi connectivity index (χ4n) is 3.19. The molecule has 0 bridgehead atoms. The van der Waals surface area contributed by atoms with Crippen molar-refractivity contribution < 1.29 is 13.2 Å². The molecule has 4 rings (SSSR count). The molecule has 1 amide bonds. The van der Waals surface area contributed by atoms with Gasteiger partial charge in [0.15, 0.2) is 0 Å². The largest absolute Gasteiger partial charge is 0.322 e. The number of amides is 1. The highest BCUT2D eigenvalue weighted by Crippen LogP contribution is 2.32. The van der Waals surface area contributed by atoms with Gasteiger partial charge in [-0.1, -0.05) is 36.4 Å². The molecule has 0 unspecified atom stereocenters. The molecule has 0 fully saturated rings. The van der Waals surface area contributed by atoms with E-state index in [1.807, 2.05) is 30.3 Å². The second kappa shape index (κ2) is 6.89. The van der Waals surface area contributed by atoms with Gasteiger partial charge in [-0.2, -0.15) is 0 Å². The zero-order valence-electron chi connectivity index (χ0n) is 14.5. The maximum Gasteiger partial charge on any atom is 0.264 e. The van der Waals surface area contributed by atoms with Gasteiger partial charge in [0.2, 0.25) is 0 Å². The Morgan fingerprint density at radius 1 is 0.852 bits per heavy atom. The second-order valence-electron chi connectivity index (χ2n) is 6.30. The van der Waals surface area contributed by atoms with Gasteiger partial charge in [0.1, 0.15) is 0 Å². The lowest BCUT2D eigenvalue weighted by Crippen LogP contribution is -2.29. The zero-order valence-corrected chi connectivity index (χ0v) is 15.3. The smallest absolute Gasteiger partial charge is 0.264 e. The van der Waals surface area contributed by atoms with Crippen molar-refractivity contribution in [3.05, 3.63) is 90.0 Å². The van der Waals surface area contributed by atoms with E-state index in [1.54, 1.807) is 36.4 Å². The maximum absolute atomic E-state index is 13.0. The minimum Gasteiger partial charge on any atom is -0.322 e. The monoisotopic (exact) mass is 378 g/mol. The predicted octanol–water partition coefficient (Wildman–Crippen LogP) is 3.69. The fourth-order valence-corrected chi connectivity index (χ4v) is 4.69. The lowest BCUT2D eigenvalue weighted by molar-refractivity contribution is 0.102. The first-order valence-corrected chi connectivity index (χ1v) is 10.1. The second-order valence-corrected chi connectivity index (χ2v) is 8.16. The van der Waals surface area contributed by atoms with E-state index in [0.29, 0.717) is 24.2 Å². The first-order valence-electron chi connectivity index (χ1n) is 8.63. The van der Waals surface area contributed by atoms with E-state index < -0.39 is 10.0 Å². The maximum atomic E-state index is 13.0. The summed E-state index contributed by atoms with van der Waals surface area (Å²) in [4.78, 5) is 12.4. The average Bonchev–Trinajstić information content (AvgIpc) is 3.14. The molecule has 1 aliphatic heterocycles. The van der Waals surface area contributed by atoms with E-state index in [-0.39, 0.29) is 10.8 Å². The van der Waals surface area contributed by atoms with Gasteiger partial charge >= 0.3 is 0 Å². The fraction of sp³-hybridized carbons (Fsp3) is 0.0952. The third-order valence-electron chi connectivity index (χ3n) is 4.58. The highest BCUT2D eigenvalue weighted by molar-refractivity contribution is 7.92. The summed E-state index contributed by atoms with van der Waals surface area (Å²) in [5.74, 6) is -0.236. The number of nitrogens with one attached hydrogen (secondary N) is 1. The molecule has 27 heavy (non-hydrogen) atoms. The molecule has 6 heteroatoms. The summed E-state index contributed by atoms with van der Waals surface area (Å²) < 4.78 is 27.4. The Balaban J connectivity index is 1.55. The molecular weight excluding hydrogens is 360 g/mol. The number of benzene rings is 3. The molecule has 0 saturated carbocycles. The number of sulfonamides is 1. The Labute approximate surface area is 158 Å². The van der Waals surface area contributed by atoms with Crippen molar-refractivity contribution in [2.75, 3.05) is 16.2 Å². The van der Waals surface area contributed by atoms with Crippen LogP contribution in [0.15, 0.2) is 83.8 Å². The zero-order chi connectivity index (χ0) is 18.9. The first kappa shape index (κ1) is 17.3. The summed E-state index contributed by atoms with van der Waals surface area (Å²) in [7, 11) is -3.63. The SMILES string of the molecule is O=C(Nc1ccc(S(=O)(=O)N2CCc3ccccc32)cc1)c1ccccc1. The first-order chi connectivity index (χ1) is 13.1. The molecular formula is C21H18N2O3S. The van der Waals surface area contributed by atoms with Gasteiger partial charge in [-0.25, -0.2) is 8.42 Å². The number of rotatable bonds is 4. The van der Waals surface area contributed by atoms with Gasteiger partial charge < -0.3 is 5.32 Å². The topological polar surface area (TPSA) is 66.5 Å². The van der Waals surface area contributed by atoms with Gasteiger partial charge in [0.05, 0.1) is 10.6 Å². The van der Waals surface area contributed by atoms with Crippen molar-refractivity contribution in [2.45, 2.75) is 11.3 Å². The van der Waals surface area contributed by atoms with Crippen LogP contribution in [0.1, 0.15) is 15.9 Å². The van der Waals surface area contributed by atoms with Crippen molar-refractivity contribution in [1.29, 1.82) is 0 Å². The van der Waals surface area contributed by atoms with Crippen molar-refractivity contribution in [3.8, 4) is 0 Å². The summed E-state index contributed by atoms with van der Waals surface area (Å²) in [6.45, 7) is 0.439. The van der Waals surface area contributed by atoms with Crippen LogP contribution in [0, 0.1) is 0 Å². The van der Waals surface area contributed by atoms with Gasteiger partial charge in [-0.3, -0.25) is 9.10 Å². The lowest BCUT2D eigenvalue weighted by atomic mass is 10.2. The van der Waals surface area contributed by atoms with Crippen LogP contribution in [-0.4, -0.2) is 20.9 Å². The van der Waals surface area contributed by atoms with Crippen LogP contribution in [-0.2, 0) is 16.4 Å². The molecule has 0 radical (unpaired) electrons. The van der Waals surface area contributed by atoms with Crippen molar-refractivity contribution in [1.82, 2.24) is 0 Å². The molecule has 1 aliphatic rings. The normalized spacial score (nSPS) is 13.3. The van der Waals surface area contributed by atoms with Crippen LogP contribution in [0.3, 0.4) is 0 Å². The van der Waals surface area contributed by atoms with Gasteiger partial charge in [-0.05, 0) is 54.4 Å². The van der Waals surface area contributed by atoms with E-state index in [9.17, 15) is 13.2 Å². The van der Waals surface area contributed by atoms with Gasteiger partial charge in [0.25, 0.3) is 15.9 Å². The van der Waals surface area contributed by atoms with E-state index in [4.69, 9.17) is 0 Å². The lowest BCUT2D eigenvalue weighted by Gasteiger charge is -2.19. The predicted molar refractivity (Wildman–Crippen MR) is 106 cm³/mol. The Morgan fingerprint density at radius 2 is 1.52 bits per heavy atom. The highest BCUT2D eigenvalue weighted by Gasteiger charge is 2.30. The minimum atomic E-state index is -3.63. The Morgan fingerprint density at radius 3 is 2.26 bits per heavy atom. The molecule has 0 aromatic heterocycles. The Kier molecular flexibility index (Phi) is 4.41. The van der Waals surface area contributed by atoms with Crippen molar-refractivity contribution in [3.63, 3.8) is 0 Å². The molecule has 0 aliphatic carbocycles.